The van der Waals surface area contributed by atoms with Gasteiger partial charge in [-0.25, -0.2) is 13.6 Å². The van der Waals surface area contributed by atoms with E-state index in [-0.39, 0.29) is 4.90 Å². The first kappa shape index (κ1) is 18.4. The second-order valence-corrected chi connectivity index (χ2v) is 8.12. The first-order valence-corrected chi connectivity index (χ1v) is 10.4. The Morgan fingerprint density at radius 1 is 0.964 bits per heavy atom. The molecular weight excluding hydrogens is 372 g/mol. The second-order valence-electron chi connectivity index (χ2n) is 6.59. The molecule has 3 aromatic carbocycles. The van der Waals surface area contributed by atoms with Gasteiger partial charge in [0.2, 0.25) is 10.0 Å². The summed E-state index contributed by atoms with van der Waals surface area (Å²) in [4.78, 5) is 0.0978. The number of primary sulfonamides is 1. The van der Waals surface area contributed by atoms with Crippen LogP contribution in [0, 0.1) is 0 Å². The number of nitrogens with two attached hydrogens (primary N) is 1. The fraction of sp³-hybridized carbons (Fsp3) is 0.0909. The van der Waals surface area contributed by atoms with E-state index in [2.05, 4.69) is 5.32 Å². The molecule has 4 rings (SSSR count). The Balaban J connectivity index is 2.14. The normalized spacial score (nSPS) is 11.8. The fourth-order valence-electron chi connectivity index (χ4n) is 3.53. The number of furan rings is 1. The number of benzene rings is 3. The van der Waals surface area contributed by atoms with Gasteiger partial charge in [-0.05, 0) is 53.2 Å². The van der Waals surface area contributed by atoms with Crippen molar-refractivity contribution in [3.63, 3.8) is 0 Å². The predicted octanol–water partition coefficient (Wildman–Crippen LogP) is 4.13. The minimum atomic E-state index is -3.93. The molecule has 0 atom stereocenters. The zero-order valence-electron chi connectivity index (χ0n) is 15.3. The summed E-state index contributed by atoms with van der Waals surface area (Å²) in [5.41, 5.74) is 3.20. The summed E-state index contributed by atoms with van der Waals surface area (Å²) < 4.78 is 30.5. The predicted molar refractivity (Wildman–Crippen MR) is 111 cm³/mol. The van der Waals surface area contributed by atoms with Gasteiger partial charge >= 0.3 is 0 Å². The van der Waals surface area contributed by atoms with E-state index >= 15 is 0 Å². The Labute approximate surface area is 163 Å². The van der Waals surface area contributed by atoms with Gasteiger partial charge in [-0.2, -0.15) is 0 Å². The molecule has 1 aromatic heterocycles. The van der Waals surface area contributed by atoms with Crippen LogP contribution in [-0.2, 0) is 16.6 Å². The van der Waals surface area contributed by atoms with Gasteiger partial charge in [0.15, 0.2) is 0 Å². The van der Waals surface area contributed by atoms with Gasteiger partial charge < -0.3 is 9.73 Å². The van der Waals surface area contributed by atoms with Crippen LogP contribution in [0.15, 0.2) is 82.3 Å². The first-order valence-electron chi connectivity index (χ1n) is 8.85. The van der Waals surface area contributed by atoms with Crippen LogP contribution in [0.1, 0.15) is 5.56 Å². The SMILES string of the molecule is CNCc1ccc(-c2ccco2)c(-c2c(S(N)(=O)=O)ccc3ccccc23)c1. The number of rotatable bonds is 5. The molecule has 0 aliphatic heterocycles. The lowest BCUT2D eigenvalue weighted by Crippen LogP contribution is -2.14. The van der Waals surface area contributed by atoms with Crippen molar-refractivity contribution in [3.8, 4) is 22.5 Å². The van der Waals surface area contributed by atoms with E-state index in [9.17, 15) is 8.42 Å². The lowest BCUT2D eigenvalue weighted by atomic mass is 9.92. The highest BCUT2D eigenvalue weighted by Crippen LogP contribution is 2.40. The molecular formula is C22H20N2O3S. The molecule has 0 amide bonds. The summed E-state index contributed by atoms with van der Waals surface area (Å²) in [6.07, 6.45) is 1.60. The maximum absolute atomic E-state index is 12.4. The van der Waals surface area contributed by atoms with Crippen LogP contribution in [-0.4, -0.2) is 15.5 Å². The Kier molecular flexibility index (Phi) is 4.77. The average molecular weight is 392 g/mol. The van der Waals surface area contributed by atoms with Crippen LogP contribution in [0.2, 0.25) is 0 Å². The summed E-state index contributed by atoms with van der Waals surface area (Å²) in [6, 6.07) is 20.6. The maximum atomic E-state index is 12.4. The zero-order valence-corrected chi connectivity index (χ0v) is 16.2. The quantitative estimate of drug-likeness (QED) is 0.535. The van der Waals surface area contributed by atoms with E-state index in [0.717, 1.165) is 27.5 Å². The topological polar surface area (TPSA) is 85.3 Å². The average Bonchev–Trinajstić information content (AvgIpc) is 3.21. The third-order valence-electron chi connectivity index (χ3n) is 4.72. The molecule has 0 unspecified atom stereocenters. The van der Waals surface area contributed by atoms with Crippen LogP contribution < -0.4 is 10.5 Å². The molecule has 0 radical (unpaired) electrons. The van der Waals surface area contributed by atoms with E-state index in [1.54, 1.807) is 18.4 Å². The summed E-state index contributed by atoms with van der Waals surface area (Å²) >= 11 is 0. The van der Waals surface area contributed by atoms with Gasteiger partial charge in [0, 0.05) is 17.7 Å². The van der Waals surface area contributed by atoms with Crippen LogP contribution >= 0.6 is 0 Å². The fourth-order valence-corrected chi connectivity index (χ4v) is 4.29. The van der Waals surface area contributed by atoms with Crippen LogP contribution in [0.3, 0.4) is 0 Å². The van der Waals surface area contributed by atoms with Crippen molar-refractivity contribution in [3.05, 3.63) is 78.6 Å². The van der Waals surface area contributed by atoms with Crippen LogP contribution in [0.25, 0.3) is 33.2 Å². The lowest BCUT2D eigenvalue weighted by molar-refractivity contribution is 0.582. The number of sulfonamides is 1. The van der Waals surface area contributed by atoms with Crippen molar-refractivity contribution in [2.24, 2.45) is 5.14 Å². The molecule has 6 heteroatoms. The number of fused-ring (bicyclic) bond motifs is 1. The summed E-state index contributed by atoms with van der Waals surface area (Å²) in [5.74, 6) is 0.666. The van der Waals surface area contributed by atoms with Gasteiger partial charge in [-0.15, -0.1) is 0 Å². The van der Waals surface area contributed by atoms with Crippen molar-refractivity contribution >= 4 is 20.8 Å². The van der Waals surface area contributed by atoms with Crippen molar-refractivity contribution in [2.45, 2.75) is 11.4 Å². The highest BCUT2D eigenvalue weighted by atomic mass is 32.2. The summed E-state index contributed by atoms with van der Waals surface area (Å²) in [5, 5.41) is 10.5. The van der Waals surface area contributed by atoms with E-state index < -0.39 is 10.0 Å². The molecule has 0 bridgehead atoms. The molecule has 1 heterocycles. The third kappa shape index (κ3) is 3.33. The molecule has 3 N–H and O–H groups in total. The molecule has 28 heavy (non-hydrogen) atoms. The molecule has 0 saturated heterocycles. The molecule has 0 saturated carbocycles. The third-order valence-corrected chi connectivity index (χ3v) is 5.67. The van der Waals surface area contributed by atoms with Gasteiger partial charge in [-0.3, -0.25) is 0 Å². The molecule has 0 aliphatic carbocycles. The highest BCUT2D eigenvalue weighted by Gasteiger charge is 2.21. The standard InChI is InChI=1S/C22H20N2O3S/c1-24-14-15-8-10-18(20-7-4-12-27-20)19(13-15)22-17-6-3-2-5-16(17)9-11-21(22)28(23,25)26/h2-13,24H,14H2,1H3,(H2,23,25,26). The summed E-state index contributed by atoms with van der Waals surface area (Å²) in [7, 11) is -2.06. The largest absolute Gasteiger partial charge is 0.464 e. The van der Waals surface area contributed by atoms with Crippen molar-refractivity contribution in [2.75, 3.05) is 7.05 Å². The molecule has 4 aromatic rings. The van der Waals surface area contributed by atoms with Gasteiger partial charge in [-0.1, -0.05) is 42.5 Å². The van der Waals surface area contributed by atoms with E-state index in [1.807, 2.05) is 61.6 Å². The highest BCUT2D eigenvalue weighted by molar-refractivity contribution is 7.89. The minimum absolute atomic E-state index is 0.0978. The Morgan fingerprint density at radius 2 is 1.79 bits per heavy atom. The number of hydrogen-bond donors (Lipinski definition) is 2. The minimum Gasteiger partial charge on any atom is -0.464 e. The maximum Gasteiger partial charge on any atom is 0.238 e. The lowest BCUT2D eigenvalue weighted by Gasteiger charge is -2.16. The number of nitrogens with one attached hydrogen (secondary N) is 1. The van der Waals surface area contributed by atoms with Crippen molar-refractivity contribution in [1.82, 2.24) is 5.32 Å². The Morgan fingerprint density at radius 3 is 2.50 bits per heavy atom. The van der Waals surface area contributed by atoms with Gasteiger partial charge in [0.25, 0.3) is 0 Å². The zero-order chi connectivity index (χ0) is 19.7. The van der Waals surface area contributed by atoms with Gasteiger partial charge in [0.05, 0.1) is 11.2 Å². The van der Waals surface area contributed by atoms with Crippen LogP contribution in [0.5, 0.6) is 0 Å². The molecule has 142 valence electrons. The summed E-state index contributed by atoms with van der Waals surface area (Å²) in [6.45, 7) is 0.654. The smallest absolute Gasteiger partial charge is 0.238 e. The van der Waals surface area contributed by atoms with E-state index in [4.69, 9.17) is 9.56 Å². The molecule has 0 aliphatic rings. The monoisotopic (exact) mass is 392 g/mol. The molecule has 0 spiro atoms. The molecule has 0 fully saturated rings. The first-order chi connectivity index (χ1) is 13.5. The van der Waals surface area contributed by atoms with Gasteiger partial charge in [0.1, 0.15) is 5.76 Å². The Hall–Kier alpha value is -2.93. The van der Waals surface area contributed by atoms with Crippen molar-refractivity contribution in [1.29, 1.82) is 0 Å². The number of hydrogen-bond acceptors (Lipinski definition) is 4. The van der Waals surface area contributed by atoms with Crippen molar-refractivity contribution < 1.29 is 12.8 Å². The second kappa shape index (κ2) is 7.24. The molecule has 5 nitrogen and oxygen atoms in total. The Bertz CT molecular complexity index is 1250. The van der Waals surface area contributed by atoms with Crippen LogP contribution in [0.4, 0.5) is 0 Å². The van der Waals surface area contributed by atoms with E-state index in [0.29, 0.717) is 17.9 Å². The van der Waals surface area contributed by atoms with E-state index in [1.165, 1.54) is 0 Å².